The maximum Gasteiger partial charge on any atom is 0.266 e. The van der Waals surface area contributed by atoms with Crippen LogP contribution in [0.15, 0.2) is 41.3 Å². The smallest absolute Gasteiger partial charge is 0.266 e. The Morgan fingerprint density at radius 2 is 1.92 bits per heavy atom. The van der Waals surface area contributed by atoms with Crippen LogP contribution in [0.1, 0.15) is 29.4 Å². The van der Waals surface area contributed by atoms with Crippen LogP contribution in [0.3, 0.4) is 0 Å². The van der Waals surface area contributed by atoms with Crippen molar-refractivity contribution in [1.29, 1.82) is 0 Å². The van der Waals surface area contributed by atoms with Crippen LogP contribution < -0.4 is 0 Å². The Morgan fingerprint density at radius 3 is 2.54 bits per heavy atom. The van der Waals surface area contributed by atoms with Gasteiger partial charge in [0.1, 0.15) is 4.32 Å². The molecule has 1 aliphatic rings. The fourth-order valence-corrected chi connectivity index (χ4v) is 4.27. The number of carbonyl (C=O) groups excluding carboxylic acids is 1. The third-order valence-electron chi connectivity index (χ3n) is 4.27. The Hall–Kier alpha value is -1.85. The number of likely N-dealkylation sites (N-methyl/N-ethyl adjacent to an activating group) is 1. The summed E-state index contributed by atoms with van der Waals surface area (Å²) in [4.78, 5) is 14.7. The van der Waals surface area contributed by atoms with Crippen molar-refractivity contribution in [3.8, 4) is 0 Å². The topological polar surface area (TPSA) is 25.2 Å². The van der Waals surface area contributed by atoms with Gasteiger partial charge in [-0.25, -0.2) is 0 Å². The van der Waals surface area contributed by atoms with Crippen molar-refractivity contribution in [2.75, 3.05) is 6.54 Å². The largest absolute Gasteiger partial charge is 0.344 e. The van der Waals surface area contributed by atoms with Crippen molar-refractivity contribution in [3.63, 3.8) is 0 Å². The second-order valence-corrected chi connectivity index (χ2v) is 7.50. The van der Waals surface area contributed by atoms with E-state index in [9.17, 15) is 4.79 Å². The van der Waals surface area contributed by atoms with Crippen LogP contribution in [0.4, 0.5) is 0 Å². The molecule has 0 radical (unpaired) electrons. The first kappa shape index (κ1) is 17.0. The number of hydrogen-bond acceptors (Lipinski definition) is 3. The third-order valence-corrected chi connectivity index (χ3v) is 5.65. The number of carbonyl (C=O) groups is 1. The third kappa shape index (κ3) is 3.19. The molecule has 3 rings (SSSR count). The average Bonchev–Trinajstić information content (AvgIpc) is 2.99. The Morgan fingerprint density at radius 1 is 1.21 bits per heavy atom. The number of amides is 1. The lowest BCUT2D eigenvalue weighted by Crippen LogP contribution is -2.27. The van der Waals surface area contributed by atoms with Crippen LogP contribution in [-0.4, -0.2) is 26.2 Å². The highest BCUT2D eigenvalue weighted by atomic mass is 32.2. The zero-order chi connectivity index (χ0) is 17.3. The molecule has 1 aromatic carbocycles. The zero-order valence-electron chi connectivity index (χ0n) is 14.1. The van der Waals surface area contributed by atoms with Crippen molar-refractivity contribution < 1.29 is 4.79 Å². The molecule has 1 aliphatic heterocycles. The molecule has 0 N–H and O–H groups in total. The molecule has 1 aromatic heterocycles. The van der Waals surface area contributed by atoms with Gasteiger partial charge in [-0.3, -0.25) is 9.69 Å². The number of hydrogen-bond donors (Lipinski definition) is 0. The summed E-state index contributed by atoms with van der Waals surface area (Å²) in [6.45, 7) is 7.60. The van der Waals surface area contributed by atoms with E-state index < -0.39 is 0 Å². The minimum Gasteiger partial charge on any atom is -0.344 e. The van der Waals surface area contributed by atoms with Gasteiger partial charge >= 0.3 is 0 Å². The Bertz CT molecular complexity index is 821. The van der Waals surface area contributed by atoms with Gasteiger partial charge < -0.3 is 4.57 Å². The summed E-state index contributed by atoms with van der Waals surface area (Å²) in [6, 6.07) is 12.5. The van der Waals surface area contributed by atoms with E-state index in [1.165, 1.54) is 23.0 Å². The number of rotatable bonds is 4. The van der Waals surface area contributed by atoms with Crippen LogP contribution in [0.2, 0.25) is 0 Å². The van der Waals surface area contributed by atoms with Crippen LogP contribution >= 0.6 is 24.0 Å². The molecule has 1 saturated heterocycles. The highest BCUT2D eigenvalue weighted by Crippen LogP contribution is 2.33. The Balaban J connectivity index is 1.91. The summed E-state index contributed by atoms with van der Waals surface area (Å²) in [6.07, 6.45) is 1.97. The minimum absolute atomic E-state index is 0.0142. The van der Waals surface area contributed by atoms with Gasteiger partial charge in [0.15, 0.2) is 0 Å². The molecule has 24 heavy (non-hydrogen) atoms. The normalized spacial score (nSPS) is 16.5. The molecule has 1 fully saturated rings. The number of aryl methyl sites for hydroxylation is 1. The summed E-state index contributed by atoms with van der Waals surface area (Å²) in [5, 5.41) is 0. The van der Waals surface area contributed by atoms with E-state index >= 15 is 0 Å². The first-order chi connectivity index (χ1) is 11.5. The van der Waals surface area contributed by atoms with E-state index in [4.69, 9.17) is 12.2 Å². The molecular formula is C19H20N2OS2. The highest BCUT2D eigenvalue weighted by Gasteiger charge is 2.30. The van der Waals surface area contributed by atoms with E-state index in [1.807, 2.05) is 19.1 Å². The van der Waals surface area contributed by atoms with Crippen LogP contribution in [-0.2, 0) is 11.3 Å². The molecular weight excluding hydrogens is 336 g/mol. The van der Waals surface area contributed by atoms with Gasteiger partial charge in [-0.15, -0.1) is 0 Å². The standard InChI is InChI=1S/C19H20N2OS2/c1-4-20-18(22)17(24-19(20)23)11-16-10-13(2)21(14(16)3)12-15-8-6-5-7-9-15/h5-11H,4,12H2,1-3H3/b17-11-. The number of thiocarbonyl (C=S) groups is 1. The van der Waals surface area contributed by atoms with E-state index in [2.05, 4.69) is 48.7 Å². The summed E-state index contributed by atoms with van der Waals surface area (Å²) in [5.41, 5.74) is 4.70. The first-order valence-electron chi connectivity index (χ1n) is 7.97. The van der Waals surface area contributed by atoms with Crippen molar-refractivity contribution in [3.05, 3.63) is 63.8 Å². The van der Waals surface area contributed by atoms with E-state index in [0.29, 0.717) is 15.8 Å². The molecule has 3 nitrogen and oxygen atoms in total. The Kier molecular flexibility index (Phi) is 4.92. The van der Waals surface area contributed by atoms with Crippen molar-refractivity contribution >= 4 is 40.3 Å². The molecule has 124 valence electrons. The number of aromatic nitrogens is 1. The molecule has 0 atom stereocenters. The van der Waals surface area contributed by atoms with E-state index in [0.717, 1.165) is 17.8 Å². The number of benzene rings is 1. The molecule has 0 unspecified atom stereocenters. The fraction of sp³-hybridized carbons (Fsp3) is 0.263. The van der Waals surface area contributed by atoms with Crippen LogP contribution in [0.25, 0.3) is 6.08 Å². The molecule has 0 bridgehead atoms. The highest BCUT2D eigenvalue weighted by molar-refractivity contribution is 8.26. The SMILES string of the molecule is CCN1C(=O)/C(=C/c2cc(C)n(Cc3ccccc3)c2C)SC1=S. The predicted octanol–water partition coefficient (Wildman–Crippen LogP) is 4.37. The van der Waals surface area contributed by atoms with Gasteiger partial charge in [0.25, 0.3) is 5.91 Å². The first-order valence-corrected chi connectivity index (χ1v) is 9.19. The molecule has 2 aromatic rings. The molecule has 0 aliphatic carbocycles. The number of nitrogens with zero attached hydrogens (tertiary/aromatic N) is 2. The second kappa shape index (κ2) is 6.95. The van der Waals surface area contributed by atoms with Crippen LogP contribution in [0, 0.1) is 13.8 Å². The lowest BCUT2D eigenvalue weighted by molar-refractivity contribution is -0.121. The van der Waals surface area contributed by atoms with Crippen molar-refractivity contribution in [2.45, 2.75) is 27.3 Å². The summed E-state index contributed by atoms with van der Waals surface area (Å²) < 4.78 is 2.92. The lowest BCUT2D eigenvalue weighted by atomic mass is 10.2. The summed E-state index contributed by atoms with van der Waals surface area (Å²) in [5.74, 6) is 0.0142. The van der Waals surface area contributed by atoms with Gasteiger partial charge in [0, 0.05) is 24.5 Å². The van der Waals surface area contributed by atoms with Gasteiger partial charge in [-0.1, -0.05) is 54.3 Å². The predicted molar refractivity (Wildman–Crippen MR) is 105 cm³/mol. The molecule has 1 amide bonds. The van der Waals surface area contributed by atoms with Gasteiger partial charge in [-0.2, -0.15) is 0 Å². The van der Waals surface area contributed by atoms with Gasteiger partial charge in [-0.05, 0) is 44.0 Å². The molecule has 0 spiro atoms. The van der Waals surface area contributed by atoms with E-state index in [1.54, 1.807) is 4.90 Å². The van der Waals surface area contributed by atoms with Crippen LogP contribution in [0.5, 0.6) is 0 Å². The maximum absolute atomic E-state index is 12.4. The van der Waals surface area contributed by atoms with E-state index in [-0.39, 0.29) is 5.91 Å². The van der Waals surface area contributed by atoms with Crippen molar-refractivity contribution in [1.82, 2.24) is 9.47 Å². The molecule has 5 heteroatoms. The van der Waals surface area contributed by atoms with Gasteiger partial charge in [0.2, 0.25) is 0 Å². The minimum atomic E-state index is 0.0142. The average molecular weight is 357 g/mol. The molecule has 2 heterocycles. The lowest BCUT2D eigenvalue weighted by Gasteiger charge is -2.10. The van der Waals surface area contributed by atoms with Gasteiger partial charge in [0.05, 0.1) is 4.91 Å². The quantitative estimate of drug-likeness (QED) is 0.601. The molecule has 0 saturated carbocycles. The fourth-order valence-electron chi connectivity index (χ4n) is 2.90. The second-order valence-electron chi connectivity index (χ2n) is 5.82. The maximum atomic E-state index is 12.4. The van der Waals surface area contributed by atoms with Crippen molar-refractivity contribution in [2.24, 2.45) is 0 Å². The Labute approximate surface area is 152 Å². The zero-order valence-corrected chi connectivity index (χ0v) is 15.7. The number of thioether (sulfide) groups is 1. The summed E-state index contributed by atoms with van der Waals surface area (Å²) in [7, 11) is 0. The summed E-state index contributed by atoms with van der Waals surface area (Å²) >= 11 is 6.67. The monoisotopic (exact) mass is 356 g/mol.